The molecule has 3 atom stereocenters. The van der Waals surface area contributed by atoms with Crippen molar-refractivity contribution in [1.82, 2.24) is 20.4 Å². The van der Waals surface area contributed by atoms with Crippen LogP contribution in [0, 0.1) is 5.92 Å². The van der Waals surface area contributed by atoms with Gasteiger partial charge in [0.2, 0.25) is 5.91 Å². The van der Waals surface area contributed by atoms with Crippen molar-refractivity contribution in [3.8, 4) is 0 Å². The van der Waals surface area contributed by atoms with Crippen LogP contribution in [0.1, 0.15) is 30.2 Å². The molecule has 1 saturated heterocycles. The Hall–Kier alpha value is -2.60. The zero-order chi connectivity index (χ0) is 17.4. The highest BCUT2D eigenvalue weighted by Gasteiger charge is 2.35. The van der Waals surface area contributed by atoms with Gasteiger partial charge < -0.3 is 15.1 Å². The van der Waals surface area contributed by atoms with E-state index in [0.717, 1.165) is 28.8 Å². The summed E-state index contributed by atoms with van der Waals surface area (Å²) in [5.74, 6) is 0.873. The Morgan fingerprint density at radius 1 is 1.40 bits per heavy atom. The molecule has 6 nitrogen and oxygen atoms in total. The van der Waals surface area contributed by atoms with Crippen molar-refractivity contribution in [2.24, 2.45) is 13.0 Å². The Bertz CT molecular complexity index is 865. The lowest BCUT2D eigenvalue weighted by Gasteiger charge is -2.19. The zero-order valence-corrected chi connectivity index (χ0v) is 14.4. The molecule has 0 saturated carbocycles. The molecule has 3 heterocycles. The van der Waals surface area contributed by atoms with Crippen molar-refractivity contribution in [1.29, 1.82) is 0 Å². The van der Waals surface area contributed by atoms with Crippen LogP contribution < -0.4 is 10.6 Å². The van der Waals surface area contributed by atoms with Crippen LogP contribution in [0.25, 0.3) is 11.0 Å². The number of fused-ring (bicyclic) bond motifs is 1. The molecule has 130 valence electrons. The third kappa shape index (κ3) is 3.05. The summed E-state index contributed by atoms with van der Waals surface area (Å²) in [5.41, 5.74) is 1.94. The van der Waals surface area contributed by atoms with Crippen molar-refractivity contribution in [3.63, 3.8) is 0 Å². The number of hydrogen-bond acceptors (Lipinski definition) is 4. The second kappa shape index (κ2) is 6.37. The van der Waals surface area contributed by atoms with Gasteiger partial charge in [-0.2, -0.15) is 5.10 Å². The van der Waals surface area contributed by atoms with Gasteiger partial charge in [-0.3, -0.25) is 9.48 Å². The van der Waals surface area contributed by atoms with Gasteiger partial charge in [0.15, 0.2) is 0 Å². The maximum atomic E-state index is 12.8. The number of para-hydroxylation sites is 1. The molecule has 0 aliphatic carbocycles. The largest absolute Gasteiger partial charge is 0.459 e. The fourth-order valence-electron chi connectivity index (χ4n) is 3.54. The Labute approximate surface area is 146 Å². The lowest BCUT2D eigenvalue weighted by atomic mass is 9.90. The summed E-state index contributed by atoms with van der Waals surface area (Å²) in [6.07, 6.45) is 3.83. The van der Waals surface area contributed by atoms with Crippen LogP contribution >= 0.6 is 0 Å². The van der Waals surface area contributed by atoms with Gasteiger partial charge in [-0.1, -0.05) is 18.2 Å². The first-order chi connectivity index (χ1) is 12.1. The molecule has 2 aromatic heterocycles. The first kappa shape index (κ1) is 15.9. The third-order valence-electron chi connectivity index (χ3n) is 4.93. The summed E-state index contributed by atoms with van der Waals surface area (Å²) >= 11 is 0. The fraction of sp³-hybridized carbons (Fsp3) is 0.368. The Morgan fingerprint density at radius 2 is 2.24 bits per heavy atom. The van der Waals surface area contributed by atoms with E-state index in [9.17, 15) is 4.79 Å². The normalized spacial score (nSPS) is 21.5. The highest BCUT2D eigenvalue weighted by Crippen LogP contribution is 2.29. The van der Waals surface area contributed by atoms with Crippen LogP contribution in [0.15, 0.2) is 47.1 Å². The number of nitrogens with zero attached hydrogens (tertiary/aromatic N) is 2. The summed E-state index contributed by atoms with van der Waals surface area (Å²) in [6.45, 7) is 3.43. The van der Waals surface area contributed by atoms with E-state index >= 15 is 0 Å². The van der Waals surface area contributed by atoms with E-state index in [0.29, 0.717) is 6.54 Å². The summed E-state index contributed by atoms with van der Waals surface area (Å²) in [4.78, 5) is 12.8. The van der Waals surface area contributed by atoms with E-state index < -0.39 is 0 Å². The molecule has 0 bridgehead atoms. The van der Waals surface area contributed by atoms with Crippen LogP contribution in [-0.2, 0) is 11.8 Å². The van der Waals surface area contributed by atoms with Crippen LogP contribution in [0.2, 0.25) is 0 Å². The quantitative estimate of drug-likeness (QED) is 0.766. The van der Waals surface area contributed by atoms with Crippen molar-refractivity contribution in [2.45, 2.75) is 18.9 Å². The number of carbonyl (C=O) groups is 1. The zero-order valence-electron chi connectivity index (χ0n) is 14.4. The Balaban J connectivity index is 1.48. The van der Waals surface area contributed by atoms with Gasteiger partial charge in [0, 0.05) is 37.6 Å². The molecule has 1 fully saturated rings. The second-order valence-corrected chi connectivity index (χ2v) is 6.74. The average molecular weight is 338 g/mol. The molecule has 25 heavy (non-hydrogen) atoms. The minimum Gasteiger partial charge on any atom is -0.459 e. The van der Waals surface area contributed by atoms with Crippen molar-refractivity contribution in [2.75, 3.05) is 13.1 Å². The maximum Gasteiger partial charge on any atom is 0.225 e. The number of aryl methyl sites for hydroxylation is 1. The van der Waals surface area contributed by atoms with Gasteiger partial charge in [0.25, 0.3) is 0 Å². The standard InChI is InChI=1S/C19H22N4O2/c1-12(18-7-13-5-3-4-6-17(13)25-18)22-19(24)16-10-20-9-15(16)14-8-21-23(2)11-14/h3-8,11-12,15-16,20H,9-10H2,1-2H3,(H,22,24)/t12?,15-,16+/m1/s1. The number of aromatic nitrogens is 2. The number of nitrogens with one attached hydrogen (secondary N) is 2. The number of hydrogen-bond donors (Lipinski definition) is 2. The maximum absolute atomic E-state index is 12.8. The van der Waals surface area contributed by atoms with Crippen LogP contribution in [-0.4, -0.2) is 28.8 Å². The lowest BCUT2D eigenvalue weighted by Crippen LogP contribution is -2.35. The Kier molecular flexibility index (Phi) is 4.05. The molecule has 1 amide bonds. The molecular weight excluding hydrogens is 316 g/mol. The van der Waals surface area contributed by atoms with Gasteiger partial charge in [-0.25, -0.2) is 0 Å². The molecule has 0 radical (unpaired) electrons. The van der Waals surface area contributed by atoms with Crippen molar-refractivity contribution < 1.29 is 9.21 Å². The number of rotatable bonds is 4. The first-order valence-electron chi connectivity index (χ1n) is 8.60. The number of furan rings is 1. The van der Waals surface area contributed by atoms with Gasteiger partial charge in [0.05, 0.1) is 18.2 Å². The van der Waals surface area contributed by atoms with Crippen LogP contribution in [0.4, 0.5) is 0 Å². The number of benzene rings is 1. The predicted octanol–water partition coefficient (Wildman–Crippen LogP) is 2.35. The highest BCUT2D eigenvalue weighted by molar-refractivity contribution is 5.81. The van der Waals surface area contributed by atoms with Crippen molar-refractivity contribution >= 4 is 16.9 Å². The van der Waals surface area contributed by atoms with E-state index in [1.54, 1.807) is 4.68 Å². The van der Waals surface area contributed by atoms with Crippen LogP contribution in [0.3, 0.4) is 0 Å². The fourth-order valence-corrected chi connectivity index (χ4v) is 3.54. The van der Waals surface area contributed by atoms with Gasteiger partial charge in [-0.15, -0.1) is 0 Å². The van der Waals surface area contributed by atoms with E-state index in [4.69, 9.17) is 4.42 Å². The molecule has 1 aromatic carbocycles. The third-order valence-corrected chi connectivity index (χ3v) is 4.93. The van der Waals surface area contributed by atoms with E-state index in [1.165, 1.54) is 0 Å². The SMILES string of the molecule is CC(NC(=O)[C@H]1CNC[C@@H]1c1cnn(C)c1)c1cc2ccccc2o1. The minimum absolute atomic E-state index is 0.0480. The molecule has 4 rings (SSSR count). The highest BCUT2D eigenvalue weighted by atomic mass is 16.3. The number of amides is 1. The van der Waals surface area contributed by atoms with E-state index in [1.807, 2.05) is 56.7 Å². The monoisotopic (exact) mass is 338 g/mol. The smallest absolute Gasteiger partial charge is 0.225 e. The summed E-state index contributed by atoms with van der Waals surface area (Å²) in [6, 6.07) is 9.69. The molecule has 1 aliphatic rings. The van der Waals surface area contributed by atoms with Crippen molar-refractivity contribution in [3.05, 3.63) is 54.0 Å². The summed E-state index contributed by atoms with van der Waals surface area (Å²) < 4.78 is 7.64. The minimum atomic E-state index is -0.171. The van der Waals surface area contributed by atoms with Gasteiger partial charge in [0.1, 0.15) is 11.3 Å². The molecule has 2 N–H and O–H groups in total. The predicted molar refractivity (Wildman–Crippen MR) is 95.1 cm³/mol. The molecule has 6 heteroatoms. The van der Waals surface area contributed by atoms with Gasteiger partial charge >= 0.3 is 0 Å². The number of carbonyl (C=O) groups excluding carboxylic acids is 1. The van der Waals surface area contributed by atoms with E-state index in [2.05, 4.69) is 15.7 Å². The molecular formula is C19H22N4O2. The average Bonchev–Trinajstić information content (AvgIpc) is 3.32. The van der Waals surface area contributed by atoms with Gasteiger partial charge in [-0.05, 0) is 24.6 Å². The molecule has 3 aromatic rings. The Morgan fingerprint density at radius 3 is 3.00 bits per heavy atom. The molecule has 0 spiro atoms. The van der Waals surface area contributed by atoms with E-state index in [-0.39, 0.29) is 23.8 Å². The summed E-state index contributed by atoms with van der Waals surface area (Å²) in [5, 5.41) is 11.7. The molecule has 1 unspecified atom stereocenters. The second-order valence-electron chi connectivity index (χ2n) is 6.74. The molecule has 1 aliphatic heterocycles. The summed E-state index contributed by atoms with van der Waals surface area (Å²) in [7, 11) is 1.89. The topological polar surface area (TPSA) is 72.1 Å². The first-order valence-corrected chi connectivity index (χ1v) is 8.60. The lowest BCUT2D eigenvalue weighted by molar-refractivity contribution is -0.125. The van der Waals surface area contributed by atoms with Crippen LogP contribution in [0.5, 0.6) is 0 Å².